The van der Waals surface area contributed by atoms with Gasteiger partial charge < -0.3 is 10.2 Å². The molecule has 0 aromatic heterocycles. The van der Waals surface area contributed by atoms with Crippen molar-refractivity contribution in [3.8, 4) is 0 Å². The van der Waals surface area contributed by atoms with Crippen LogP contribution in [0.4, 0.5) is 0 Å². The Labute approximate surface area is 88.8 Å². The third-order valence-electron chi connectivity index (χ3n) is 2.43. The van der Waals surface area contributed by atoms with Crippen LogP contribution in [-0.4, -0.2) is 43.4 Å². The van der Waals surface area contributed by atoms with E-state index in [9.17, 15) is 4.79 Å². The number of aliphatic imine (C=N–C) groups is 1. The summed E-state index contributed by atoms with van der Waals surface area (Å²) < 4.78 is 0. The van der Waals surface area contributed by atoms with Crippen LogP contribution in [0.15, 0.2) is 16.8 Å². The van der Waals surface area contributed by atoms with E-state index in [4.69, 9.17) is 4.84 Å². The second-order valence-corrected chi connectivity index (χ2v) is 3.58. The third-order valence-corrected chi connectivity index (χ3v) is 2.43. The largest absolute Gasteiger partial charge is 0.364 e. The Morgan fingerprint density at radius 3 is 2.93 bits per heavy atom. The summed E-state index contributed by atoms with van der Waals surface area (Å²) in [5, 5.41) is 4.90. The summed E-state index contributed by atoms with van der Waals surface area (Å²) >= 11 is 0. The van der Waals surface area contributed by atoms with E-state index in [1.807, 2.05) is 6.21 Å². The highest BCUT2D eigenvalue weighted by Gasteiger charge is 2.18. The second kappa shape index (κ2) is 5.04. The number of piperazine rings is 1. The standard InChI is InChI=1S/C10H15N3O2/c14-10(9-2-1-3-12-8-9)15-13-6-4-11-5-7-13/h3,8,11H,1-2,4-7H2. The van der Waals surface area contributed by atoms with Crippen molar-refractivity contribution in [2.24, 2.45) is 4.99 Å². The lowest BCUT2D eigenvalue weighted by Crippen LogP contribution is -2.44. The van der Waals surface area contributed by atoms with Crippen molar-refractivity contribution in [3.05, 3.63) is 11.8 Å². The van der Waals surface area contributed by atoms with Crippen LogP contribution in [0, 0.1) is 0 Å². The van der Waals surface area contributed by atoms with Crippen LogP contribution in [0.25, 0.3) is 0 Å². The van der Waals surface area contributed by atoms with Gasteiger partial charge in [-0.2, -0.15) is 0 Å². The summed E-state index contributed by atoms with van der Waals surface area (Å²) in [6.45, 7) is 3.24. The minimum atomic E-state index is -0.256. The zero-order valence-electron chi connectivity index (χ0n) is 8.61. The molecule has 0 bridgehead atoms. The highest BCUT2D eigenvalue weighted by atomic mass is 16.7. The van der Waals surface area contributed by atoms with Crippen LogP contribution >= 0.6 is 0 Å². The Morgan fingerprint density at radius 2 is 2.27 bits per heavy atom. The molecule has 2 heterocycles. The van der Waals surface area contributed by atoms with Gasteiger partial charge in [0.2, 0.25) is 0 Å². The summed E-state index contributed by atoms with van der Waals surface area (Å²) in [6, 6.07) is 0. The fourth-order valence-corrected chi connectivity index (χ4v) is 1.57. The number of carbonyl (C=O) groups is 1. The highest BCUT2D eigenvalue weighted by Crippen LogP contribution is 2.11. The molecular weight excluding hydrogens is 194 g/mol. The SMILES string of the molecule is O=C(ON1CCNCC1)C1=CN=CCC1. The molecule has 2 aliphatic heterocycles. The molecule has 2 rings (SSSR count). The van der Waals surface area contributed by atoms with Crippen molar-refractivity contribution in [3.63, 3.8) is 0 Å². The molecule has 0 aliphatic carbocycles. The first-order valence-electron chi connectivity index (χ1n) is 5.25. The number of nitrogens with one attached hydrogen (secondary N) is 1. The average molecular weight is 209 g/mol. The number of hydroxylamine groups is 2. The van der Waals surface area contributed by atoms with Crippen molar-refractivity contribution in [2.75, 3.05) is 26.2 Å². The Hall–Kier alpha value is -1.20. The lowest BCUT2D eigenvalue weighted by molar-refractivity contribution is -0.187. The van der Waals surface area contributed by atoms with E-state index in [0.717, 1.165) is 39.0 Å². The molecule has 0 radical (unpaired) electrons. The number of carbonyl (C=O) groups excluding carboxylic acids is 1. The first kappa shape index (κ1) is 10.3. The lowest BCUT2D eigenvalue weighted by atomic mass is 10.1. The van der Waals surface area contributed by atoms with Gasteiger partial charge in [-0.3, -0.25) is 4.99 Å². The molecule has 0 saturated carbocycles. The smallest absolute Gasteiger partial charge is 0.354 e. The van der Waals surface area contributed by atoms with Crippen LogP contribution < -0.4 is 5.32 Å². The van der Waals surface area contributed by atoms with Crippen molar-refractivity contribution < 1.29 is 9.63 Å². The van der Waals surface area contributed by atoms with Gasteiger partial charge in [0.25, 0.3) is 0 Å². The zero-order chi connectivity index (χ0) is 10.5. The van der Waals surface area contributed by atoms with Gasteiger partial charge in [-0.05, 0) is 12.8 Å². The molecule has 15 heavy (non-hydrogen) atoms. The van der Waals surface area contributed by atoms with Gasteiger partial charge in [0.15, 0.2) is 0 Å². The minimum Gasteiger partial charge on any atom is -0.364 e. The van der Waals surface area contributed by atoms with Crippen LogP contribution in [0.2, 0.25) is 0 Å². The first-order valence-corrected chi connectivity index (χ1v) is 5.25. The van der Waals surface area contributed by atoms with E-state index < -0.39 is 0 Å². The maximum absolute atomic E-state index is 11.6. The monoisotopic (exact) mass is 209 g/mol. The highest BCUT2D eigenvalue weighted by molar-refractivity contribution is 5.89. The van der Waals surface area contributed by atoms with Crippen molar-refractivity contribution >= 4 is 12.2 Å². The number of nitrogens with zero attached hydrogens (tertiary/aromatic N) is 2. The molecule has 0 aromatic carbocycles. The molecule has 1 N–H and O–H groups in total. The normalized spacial score (nSPS) is 22.3. The predicted molar refractivity (Wildman–Crippen MR) is 56.3 cm³/mol. The maximum atomic E-state index is 11.6. The van der Waals surface area contributed by atoms with Gasteiger partial charge in [-0.25, -0.2) is 4.79 Å². The summed E-state index contributed by atoms with van der Waals surface area (Å²) in [5.41, 5.74) is 0.663. The van der Waals surface area contributed by atoms with E-state index in [2.05, 4.69) is 10.3 Å². The molecule has 1 fully saturated rings. The molecule has 5 heteroatoms. The molecule has 82 valence electrons. The Kier molecular flexibility index (Phi) is 3.47. The summed E-state index contributed by atoms with van der Waals surface area (Å²) in [7, 11) is 0. The molecule has 0 unspecified atom stereocenters. The molecule has 2 aliphatic rings. The summed E-state index contributed by atoms with van der Waals surface area (Å²) in [6.07, 6.45) is 4.95. The Bertz CT molecular complexity index is 293. The summed E-state index contributed by atoms with van der Waals surface area (Å²) in [5.74, 6) is -0.256. The van der Waals surface area contributed by atoms with Crippen molar-refractivity contribution in [1.82, 2.24) is 10.4 Å². The summed E-state index contributed by atoms with van der Waals surface area (Å²) in [4.78, 5) is 20.8. The zero-order valence-corrected chi connectivity index (χ0v) is 8.61. The van der Waals surface area contributed by atoms with Gasteiger partial charge >= 0.3 is 5.97 Å². The fraction of sp³-hybridized carbons (Fsp3) is 0.600. The van der Waals surface area contributed by atoms with Gasteiger partial charge in [-0.15, -0.1) is 5.06 Å². The van der Waals surface area contributed by atoms with E-state index in [-0.39, 0.29) is 5.97 Å². The van der Waals surface area contributed by atoms with Gasteiger partial charge in [0.05, 0.1) is 5.57 Å². The molecule has 0 atom stereocenters. The minimum absolute atomic E-state index is 0.256. The topological polar surface area (TPSA) is 53.9 Å². The molecule has 0 amide bonds. The van der Waals surface area contributed by atoms with E-state index in [1.54, 1.807) is 11.3 Å². The third kappa shape index (κ3) is 2.87. The van der Waals surface area contributed by atoms with Crippen LogP contribution in [-0.2, 0) is 9.63 Å². The van der Waals surface area contributed by atoms with Gasteiger partial charge in [-0.1, -0.05) is 0 Å². The van der Waals surface area contributed by atoms with Crippen LogP contribution in [0.5, 0.6) is 0 Å². The first-order chi connectivity index (χ1) is 7.36. The fourth-order valence-electron chi connectivity index (χ4n) is 1.57. The molecule has 0 aromatic rings. The Balaban J connectivity index is 1.85. The lowest BCUT2D eigenvalue weighted by Gasteiger charge is -2.26. The van der Waals surface area contributed by atoms with E-state index in [1.165, 1.54) is 0 Å². The van der Waals surface area contributed by atoms with Gasteiger partial charge in [0.1, 0.15) is 0 Å². The van der Waals surface area contributed by atoms with E-state index in [0.29, 0.717) is 5.57 Å². The second-order valence-electron chi connectivity index (χ2n) is 3.58. The van der Waals surface area contributed by atoms with E-state index >= 15 is 0 Å². The molecular formula is C10H15N3O2. The predicted octanol–water partition coefficient (Wildman–Crippen LogP) is 0.0983. The molecule has 5 nitrogen and oxygen atoms in total. The van der Waals surface area contributed by atoms with Crippen LogP contribution in [0.3, 0.4) is 0 Å². The number of hydrogen-bond donors (Lipinski definition) is 1. The van der Waals surface area contributed by atoms with Crippen molar-refractivity contribution in [1.29, 1.82) is 0 Å². The van der Waals surface area contributed by atoms with Crippen molar-refractivity contribution in [2.45, 2.75) is 12.8 Å². The average Bonchev–Trinajstić information content (AvgIpc) is 2.31. The van der Waals surface area contributed by atoms with Crippen LogP contribution in [0.1, 0.15) is 12.8 Å². The number of rotatable bonds is 2. The molecule has 1 saturated heterocycles. The van der Waals surface area contributed by atoms with Gasteiger partial charge in [0, 0.05) is 38.6 Å². The quantitative estimate of drug-likeness (QED) is 0.700. The Morgan fingerprint density at radius 1 is 1.47 bits per heavy atom. The number of hydrogen-bond acceptors (Lipinski definition) is 5. The molecule has 0 spiro atoms. The maximum Gasteiger partial charge on any atom is 0.354 e.